The van der Waals surface area contributed by atoms with Gasteiger partial charge in [-0.2, -0.15) is 13.2 Å². The van der Waals surface area contributed by atoms with Crippen molar-refractivity contribution < 1.29 is 13.2 Å². The van der Waals surface area contributed by atoms with Gasteiger partial charge in [0, 0.05) is 5.70 Å². The minimum absolute atomic E-state index is 0.0208. The number of hydrogen-bond donors (Lipinski definition) is 1. The molecule has 0 unspecified atom stereocenters. The highest BCUT2D eigenvalue weighted by molar-refractivity contribution is 5.20. The van der Waals surface area contributed by atoms with Gasteiger partial charge in [0.2, 0.25) is 0 Å². The summed E-state index contributed by atoms with van der Waals surface area (Å²) in [4.78, 5) is 0. The first-order valence-electron chi connectivity index (χ1n) is 3.06. The number of rotatable bonds is 0. The van der Waals surface area contributed by atoms with Gasteiger partial charge >= 0.3 is 6.18 Å². The summed E-state index contributed by atoms with van der Waals surface area (Å²) in [6.45, 7) is 0. The Morgan fingerprint density at radius 3 is 2.00 bits per heavy atom. The van der Waals surface area contributed by atoms with Crippen LogP contribution >= 0.6 is 0 Å². The normalized spacial score (nSPS) is 20.3. The maximum absolute atomic E-state index is 11.9. The van der Waals surface area contributed by atoms with Gasteiger partial charge in [0.1, 0.15) is 0 Å². The molecule has 0 radical (unpaired) electrons. The average molecular weight is 151 g/mol. The highest BCUT2D eigenvalue weighted by Crippen LogP contribution is 2.36. The summed E-state index contributed by atoms with van der Waals surface area (Å²) < 4.78 is 35.6. The van der Waals surface area contributed by atoms with Crippen LogP contribution < -0.4 is 5.73 Å². The minimum Gasteiger partial charge on any atom is -0.402 e. The molecule has 1 nitrogen and oxygen atoms in total. The van der Waals surface area contributed by atoms with Crippen LogP contribution in [-0.2, 0) is 0 Å². The number of hydrogen-bond acceptors (Lipinski definition) is 1. The largest absolute Gasteiger partial charge is 0.414 e. The second-order valence-corrected chi connectivity index (χ2v) is 2.36. The van der Waals surface area contributed by atoms with E-state index in [2.05, 4.69) is 0 Å². The summed E-state index contributed by atoms with van der Waals surface area (Å²) in [5, 5.41) is 0. The first-order valence-corrected chi connectivity index (χ1v) is 3.06. The lowest BCUT2D eigenvalue weighted by Gasteiger charge is -2.07. The van der Waals surface area contributed by atoms with Gasteiger partial charge in [0.15, 0.2) is 0 Å². The van der Waals surface area contributed by atoms with Crippen LogP contribution in [0.5, 0.6) is 0 Å². The zero-order chi connectivity index (χ0) is 7.78. The summed E-state index contributed by atoms with van der Waals surface area (Å²) >= 11 is 0. The molecule has 0 saturated heterocycles. The van der Waals surface area contributed by atoms with Crippen LogP contribution in [0.2, 0.25) is 0 Å². The topological polar surface area (TPSA) is 26.0 Å². The second kappa shape index (κ2) is 2.18. The zero-order valence-electron chi connectivity index (χ0n) is 5.33. The Bertz CT molecular complexity index is 168. The summed E-state index contributed by atoms with van der Waals surface area (Å²) in [5.41, 5.74) is 4.62. The number of allylic oxidation sites excluding steroid dienone is 2. The van der Waals surface area contributed by atoms with Crippen molar-refractivity contribution in [1.29, 1.82) is 0 Å². The Balaban J connectivity index is 2.81. The van der Waals surface area contributed by atoms with E-state index in [1.54, 1.807) is 0 Å². The Hall–Kier alpha value is -0.670. The molecule has 0 aromatic heterocycles. The zero-order valence-corrected chi connectivity index (χ0v) is 5.33. The van der Waals surface area contributed by atoms with Gasteiger partial charge < -0.3 is 5.73 Å². The molecule has 1 aliphatic carbocycles. The monoisotopic (exact) mass is 151 g/mol. The molecule has 1 aliphatic rings. The molecule has 0 amide bonds. The van der Waals surface area contributed by atoms with Crippen molar-refractivity contribution in [3.63, 3.8) is 0 Å². The Kier molecular flexibility index (Phi) is 1.62. The first kappa shape index (κ1) is 7.44. The third kappa shape index (κ3) is 1.25. The maximum atomic E-state index is 11.9. The Morgan fingerprint density at radius 1 is 1.20 bits per heavy atom. The van der Waals surface area contributed by atoms with E-state index in [1.165, 1.54) is 0 Å². The van der Waals surface area contributed by atoms with E-state index in [-0.39, 0.29) is 12.1 Å². The van der Waals surface area contributed by atoms with Crippen LogP contribution in [0.4, 0.5) is 13.2 Å². The number of alkyl halides is 3. The van der Waals surface area contributed by atoms with E-state index in [4.69, 9.17) is 5.73 Å². The number of nitrogens with two attached hydrogens (primary N) is 1. The molecule has 0 aliphatic heterocycles. The highest BCUT2D eigenvalue weighted by Gasteiger charge is 2.37. The van der Waals surface area contributed by atoms with E-state index >= 15 is 0 Å². The van der Waals surface area contributed by atoms with Gasteiger partial charge in [0.05, 0.1) is 5.57 Å². The minimum atomic E-state index is -4.19. The predicted molar refractivity (Wildman–Crippen MR) is 31.1 cm³/mol. The molecular weight excluding hydrogens is 143 g/mol. The van der Waals surface area contributed by atoms with Crippen molar-refractivity contribution in [3.8, 4) is 0 Å². The first-order chi connectivity index (χ1) is 4.52. The average Bonchev–Trinajstić information content (AvgIpc) is 2.11. The Morgan fingerprint density at radius 2 is 1.80 bits per heavy atom. The van der Waals surface area contributed by atoms with Gasteiger partial charge in [-0.05, 0) is 19.3 Å². The van der Waals surface area contributed by atoms with Crippen LogP contribution in [0.3, 0.4) is 0 Å². The van der Waals surface area contributed by atoms with Crippen LogP contribution in [-0.4, -0.2) is 6.18 Å². The summed E-state index contributed by atoms with van der Waals surface area (Å²) in [7, 11) is 0. The smallest absolute Gasteiger partial charge is 0.402 e. The maximum Gasteiger partial charge on any atom is 0.414 e. The molecule has 0 heterocycles. The van der Waals surface area contributed by atoms with Crippen molar-refractivity contribution in [2.24, 2.45) is 5.73 Å². The van der Waals surface area contributed by atoms with Gasteiger partial charge in [0.25, 0.3) is 0 Å². The van der Waals surface area contributed by atoms with Gasteiger partial charge in [-0.15, -0.1) is 0 Å². The molecule has 10 heavy (non-hydrogen) atoms. The van der Waals surface area contributed by atoms with E-state index < -0.39 is 11.7 Å². The SMILES string of the molecule is NC1=C(C(F)(F)F)CCC1. The van der Waals surface area contributed by atoms with Crippen LogP contribution in [0.25, 0.3) is 0 Å². The molecular formula is C6H8F3N. The van der Waals surface area contributed by atoms with E-state index in [0.29, 0.717) is 12.8 Å². The van der Waals surface area contributed by atoms with Crippen molar-refractivity contribution in [2.45, 2.75) is 25.4 Å². The summed E-state index contributed by atoms with van der Waals surface area (Å²) in [6.07, 6.45) is -3.16. The highest BCUT2D eigenvalue weighted by atomic mass is 19.4. The molecule has 0 aromatic carbocycles. The van der Waals surface area contributed by atoms with Crippen LogP contribution in [0.1, 0.15) is 19.3 Å². The quantitative estimate of drug-likeness (QED) is 0.562. The van der Waals surface area contributed by atoms with Gasteiger partial charge in [-0.1, -0.05) is 0 Å². The lowest BCUT2D eigenvalue weighted by atomic mass is 10.2. The van der Waals surface area contributed by atoms with Crippen LogP contribution in [0, 0.1) is 0 Å². The molecule has 4 heteroatoms. The molecule has 58 valence electrons. The fourth-order valence-electron chi connectivity index (χ4n) is 1.09. The molecule has 0 saturated carbocycles. The van der Waals surface area contributed by atoms with Crippen molar-refractivity contribution in [1.82, 2.24) is 0 Å². The van der Waals surface area contributed by atoms with Crippen molar-refractivity contribution >= 4 is 0 Å². The summed E-state index contributed by atoms with van der Waals surface area (Å²) in [5.74, 6) is 0. The van der Waals surface area contributed by atoms with Gasteiger partial charge in [-0.25, -0.2) is 0 Å². The molecule has 0 atom stereocenters. The lowest BCUT2D eigenvalue weighted by Crippen LogP contribution is -2.13. The Labute approximate surface area is 56.7 Å². The second-order valence-electron chi connectivity index (χ2n) is 2.36. The predicted octanol–water partition coefficient (Wildman–Crippen LogP) is 1.95. The molecule has 0 aromatic rings. The summed E-state index contributed by atoms with van der Waals surface area (Å²) in [6, 6.07) is 0. The van der Waals surface area contributed by atoms with Crippen LogP contribution in [0.15, 0.2) is 11.3 Å². The molecule has 0 fully saturated rings. The van der Waals surface area contributed by atoms with Crippen molar-refractivity contribution in [3.05, 3.63) is 11.3 Å². The molecule has 2 N–H and O–H groups in total. The standard InChI is InChI=1S/C6H8F3N/c7-6(8,9)4-2-1-3-5(4)10/h1-3,10H2. The third-order valence-electron chi connectivity index (χ3n) is 1.60. The van der Waals surface area contributed by atoms with Gasteiger partial charge in [-0.3, -0.25) is 0 Å². The fourth-order valence-corrected chi connectivity index (χ4v) is 1.09. The molecule has 0 bridgehead atoms. The molecule has 1 rings (SSSR count). The number of halogens is 3. The van der Waals surface area contributed by atoms with E-state index in [1.807, 2.05) is 0 Å². The molecule has 0 spiro atoms. The third-order valence-corrected chi connectivity index (χ3v) is 1.60. The van der Waals surface area contributed by atoms with E-state index in [0.717, 1.165) is 0 Å². The fraction of sp³-hybridized carbons (Fsp3) is 0.667. The van der Waals surface area contributed by atoms with Crippen molar-refractivity contribution in [2.75, 3.05) is 0 Å². The lowest BCUT2D eigenvalue weighted by molar-refractivity contribution is -0.0937. The van der Waals surface area contributed by atoms with E-state index in [9.17, 15) is 13.2 Å².